The molecule has 0 saturated carbocycles. The SMILES string of the molecule is CCCc1nc(N2CCN(C(=O)CCc3ccccc3)CC2)c2c(-c3ccccc3)noc2n1. The molecule has 7 nitrogen and oxygen atoms in total. The fraction of sp³-hybridized carbons (Fsp3) is 0.333. The van der Waals surface area contributed by atoms with E-state index in [2.05, 4.69) is 34.1 Å². The minimum atomic E-state index is 0.206. The number of carbonyl (C=O) groups excluding carboxylic acids is 1. The van der Waals surface area contributed by atoms with Crippen molar-refractivity contribution in [3.05, 3.63) is 72.1 Å². The lowest BCUT2D eigenvalue weighted by Crippen LogP contribution is -2.49. The third-order valence-electron chi connectivity index (χ3n) is 6.29. The molecular weight excluding hydrogens is 426 g/mol. The molecule has 1 aliphatic heterocycles. The molecule has 0 aliphatic carbocycles. The van der Waals surface area contributed by atoms with Crippen molar-refractivity contribution in [1.82, 2.24) is 20.0 Å². The molecule has 1 saturated heterocycles. The highest BCUT2D eigenvalue weighted by atomic mass is 16.5. The lowest BCUT2D eigenvalue weighted by atomic mass is 10.1. The first-order valence-electron chi connectivity index (χ1n) is 12.0. The van der Waals surface area contributed by atoms with Gasteiger partial charge in [0.2, 0.25) is 5.91 Å². The van der Waals surface area contributed by atoms with Crippen LogP contribution in [0.1, 0.15) is 31.2 Å². The summed E-state index contributed by atoms with van der Waals surface area (Å²) in [6.07, 6.45) is 3.04. The van der Waals surface area contributed by atoms with Gasteiger partial charge in [0.05, 0.1) is 0 Å². The third kappa shape index (κ3) is 4.64. The Kier molecular flexibility index (Phi) is 6.51. The predicted molar refractivity (Wildman–Crippen MR) is 133 cm³/mol. The Balaban J connectivity index is 1.35. The Hall–Kier alpha value is -3.74. The smallest absolute Gasteiger partial charge is 0.263 e. The molecule has 1 aliphatic rings. The Morgan fingerprint density at radius 1 is 0.912 bits per heavy atom. The van der Waals surface area contributed by atoms with Crippen LogP contribution in [-0.4, -0.2) is 52.1 Å². The summed E-state index contributed by atoms with van der Waals surface area (Å²) in [6, 6.07) is 20.2. The molecule has 0 radical (unpaired) electrons. The minimum Gasteiger partial charge on any atom is -0.352 e. The zero-order chi connectivity index (χ0) is 23.3. The first-order valence-corrected chi connectivity index (χ1v) is 12.0. The summed E-state index contributed by atoms with van der Waals surface area (Å²) in [5.41, 5.74) is 3.45. The Labute approximate surface area is 199 Å². The van der Waals surface area contributed by atoms with E-state index in [9.17, 15) is 4.79 Å². The highest BCUT2D eigenvalue weighted by Crippen LogP contribution is 2.34. The van der Waals surface area contributed by atoms with Crippen LogP contribution in [0.3, 0.4) is 0 Å². The molecule has 34 heavy (non-hydrogen) atoms. The summed E-state index contributed by atoms with van der Waals surface area (Å²) >= 11 is 0. The molecule has 0 atom stereocenters. The quantitative estimate of drug-likeness (QED) is 0.408. The number of amides is 1. The van der Waals surface area contributed by atoms with E-state index in [1.807, 2.05) is 53.4 Å². The molecule has 0 spiro atoms. The maximum Gasteiger partial charge on any atom is 0.263 e. The lowest BCUT2D eigenvalue weighted by Gasteiger charge is -2.35. The number of fused-ring (bicyclic) bond motifs is 1. The number of hydrogen-bond donors (Lipinski definition) is 0. The van der Waals surface area contributed by atoms with Crippen LogP contribution in [0.25, 0.3) is 22.4 Å². The molecule has 1 fully saturated rings. The second-order valence-corrected chi connectivity index (χ2v) is 8.64. The number of hydrogen-bond acceptors (Lipinski definition) is 6. The fourth-order valence-corrected chi connectivity index (χ4v) is 4.46. The van der Waals surface area contributed by atoms with Crippen molar-refractivity contribution in [2.45, 2.75) is 32.6 Å². The molecule has 2 aromatic heterocycles. The van der Waals surface area contributed by atoms with Crippen molar-refractivity contribution in [3.63, 3.8) is 0 Å². The minimum absolute atomic E-state index is 0.206. The Morgan fingerprint density at radius 3 is 2.32 bits per heavy atom. The second-order valence-electron chi connectivity index (χ2n) is 8.64. The molecule has 174 valence electrons. The first-order chi connectivity index (χ1) is 16.7. The summed E-state index contributed by atoms with van der Waals surface area (Å²) in [6.45, 7) is 4.90. The number of nitrogens with zero attached hydrogens (tertiary/aromatic N) is 5. The summed E-state index contributed by atoms with van der Waals surface area (Å²) in [5, 5.41) is 5.19. The van der Waals surface area contributed by atoms with Crippen LogP contribution < -0.4 is 4.90 Å². The maximum atomic E-state index is 12.8. The van der Waals surface area contributed by atoms with Gasteiger partial charge in [-0.25, -0.2) is 4.98 Å². The number of anilines is 1. The summed E-state index contributed by atoms with van der Waals surface area (Å²) in [7, 11) is 0. The fourth-order valence-electron chi connectivity index (χ4n) is 4.46. The Bertz CT molecular complexity index is 1250. The van der Waals surface area contributed by atoms with E-state index in [1.165, 1.54) is 5.56 Å². The molecule has 2 aromatic carbocycles. The standard InChI is InChI=1S/C27H29N5O2/c1-2-9-22-28-26(24-25(30-34-27(24)29-22)21-12-7-4-8-13-21)32-18-16-31(17-19-32)23(33)15-14-20-10-5-3-6-11-20/h3-8,10-13H,2,9,14-19H2,1H3. The van der Waals surface area contributed by atoms with Gasteiger partial charge < -0.3 is 14.3 Å². The Morgan fingerprint density at radius 2 is 1.62 bits per heavy atom. The number of carbonyl (C=O) groups is 1. The largest absolute Gasteiger partial charge is 0.352 e. The van der Waals surface area contributed by atoms with Crippen LogP contribution >= 0.6 is 0 Å². The van der Waals surface area contributed by atoms with Gasteiger partial charge in [0.15, 0.2) is 0 Å². The monoisotopic (exact) mass is 455 g/mol. The van der Waals surface area contributed by atoms with Gasteiger partial charge in [0.1, 0.15) is 22.7 Å². The van der Waals surface area contributed by atoms with Crippen LogP contribution in [0, 0.1) is 0 Å². The maximum absolute atomic E-state index is 12.8. The van der Waals surface area contributed by atoms with Crippen molar-refractivity contribution >= 4 is 22.8 Å². The van der Waals surface area contributed by atoms with Gasteiger partial charge in [-0.05, 0) is 18.4 Å². The van der Waals surface area contributed by atoms with Gasteiger partial charge in [-0.15, -0.1) is 0 Å². The van der Waals surface area contributed by atoms with Crippen LogP contribution in [-0.2, 0) is 17.6 Å². The van der Waals surface area contributed by atoms with Gasteiger partial charge in [-0.1, -0.05) is 72.7 Å². The number of benzene rings is 2. The van der Waals surface area contributed by atoms with Gasteiger partial charge >= 0.3 is 0 Å². The zero-order valence-electron chi connectivity index (χ0n) is 19.5. The summed E-state index contributed by atoms with van der Waals surface area (Å²) in [4.78, 5) is 26.6. The molecule has 4 aromatic rings. The molecule has 0 N–H and O–H groups in total. The molecule has 0 bridgehead atoms. The van der Waals surface area contributed by atoms with Gasteiger partial charge in [0.25, 0.3) is 5.71 Å². The average Bonchev–Trinajstić information content (AvgIpc) is 3.32. The molecule has 1 amide bonds. The zero-order valence-corrected chi connectivity index (χ0v) is 19.5. The van der Waals surface area contributed by atoms with E-state index in [4.69, 9.17) is 9.51 Å². The number of piperazine rings is 1. The van der Waals surface area contributed by atoms with Crippen LogP contribution in [0.2, 0.25) is 0 Å². The van der Waals surface area contributed by atoms with Crippen molar-refractivity contribution in [2.24, 2.45) is 0 Å². The van der Waals surface area contributed by atoms with Crippen LogP contribution in [0.15, 0.2) is 65.2 Å². The topological polar surface area (TPSA) is 75.4 Å². The molecular formula is C27H29N5O2. The van der Waals surface area contributed by atoms with Crippen LogP contribution in [0.5, 0.6) is 0 Å². The number of aryl methyl sites for hydroxylation is 2. The first kappa shape index (κ1) is 22.1. The third-order valence-corrected chi connectivity index (χ3v) is 6.29. The van der Waals surface area contributed by atoms with Gasteiger partial charge in [-0.3, -0.25) is 4.79 Å². The van der Waals surface area contributed by atoms with E-state index in [1.54, 1.807) is 0 Å². The van der Waals surface area contributed by atoms with Gasteiger partial charge in [0, 0.05) is 44.6 Å². The van der Waals surface area contributed by atoms with Crippen molar-refractivity contribution in [1.29, 1.82) is 0 Å². The van der Waals surface area contributed by atoms with E-state index >= 15 is 0 Å². The van der Waals surface area contributed by atoms with Crippen molar-refractivity contribution < 1.29 is 9.32 Å². The van der Waals surface area contributed by atoms with Crippen LogP contribution in [0.4, 0.5) is 5.82 Å². The molecule has 7 heteroatoms. The normalized spacial score (nSPS) is 14.0. The number of aromatic nitrogens is 3. The summed E-state index contributed by atoms with van der Waals surface area (Å²) in [5.74, 6) is 1.82. The van der Waals surface area contributed by atoms with E-state index in [-0.39, 0.29) is 5.91 Å². The molecule has 0 unspecified atom stereocenters. The highest BCUT2D eigenvalue weighted by molar-refractivity contribution is 5.98. The van der Waals surface area contributed by atoms with E-state index in [0.29, 0.717) is 38.3 Å². The lowest BCUT2D eigenvalue weighted by molar-refractivity contribution is -0.131. The van der Waals surface area contributed by atoms with Crippen molar-refractivity contribution in [3.8, 4) is 11.3 Å². The highest BCUT2D eigenvalue weighted by Gasteiger charge is 2.27. The average molecular weight is 456 g/mol. The van der Waals surface area contributed by atoms with Crippen molar-refractivity contribution in [2.75, 3.05) is 31.1 Å². The van der Waals surface area contributed by atoms with Gasteiger partial charge in [-0.2, -0.15) is 4.98 Å². The second kappa shape index (κ2) is 10.0. The molecule has 3 heterocycles. The predicted octanol–water partition coefficient (Wildman–Crippen LogP) is 4.52. The van der Waals surface area contributed by atoms with E-state index in [0.717, 1.165) is 47.5 Å². The molecule has 5 rings (SSSR count). The van der Waals surface area contributed by atoms with E-state index < -0.39 is 0 Å². The summed E-state index contributed by atoms with van der Waals surface area (Å²) < 4.78 is 5.66. The number of rotatable bonds is 7.